The van der Waals surface area contributed by atoms with Crippen LogP contribution < -0.4 is 5.32 Å². The summed E-state index contributed by atoms with van der Waals surface area (Å²) >= 11 is 0. The molecule has 0 spiro atoms. The molecule has 1 aliphatic heterocycles. The van der Waals surface area contributed by atoms with Crippen molar-refractivity contribution in [2.45, 2.75) is 52.7 Å². The number of fused-ring (bicyclic) bond motifs is 1. The molecule has 92 valence electrons. The lowest BCUT2D eigenvalue weighted by Gasteiger charge is -2.38. The first-order valence-electron chi connectivity index (χ1n) is 6.67. The predicted molar refractivity (Wildman–Crippen MR) is 67.2 cm³/mol. The first kappa shape index (κ1) is 12.1. The van der Waals surface area contributed by atoms with Crippen LogP contribution >= 0.6 is 0 Å². The molecule has 16 heavy (non-hydrogen) atoms. The molecule has 0 aromatic heterocycles. The van der Waals surface area contributed by atoms with Crippen LogP contribution in [0.25, 0.3) is 0 Å². The van der Waals surface area contributed by atoms with Gasteiger partial charge >= 0.3 is 0 Å². The zero-order valence-electron chi connectivity index (χ0n) is 11.0. The van der Waals surface area contributed by atoms with Crippen molar-refractivity contribution < 1.29 is 5.11 Å². The van der Waals surface area contributed by atoms with Gasteiger partial charge in [0.15, 0.2) is 0 Å². The summed E-state index contributed by atoms with van der Waals surface area (Å²) < 4.78 is 0. The van der Waals surface area contributed by atoms with E-state index in [-0.39, 0.29) is 6.10 Å². The van der Waals surface area contributed by atoms with E-state index in [4.69, 9.17) is 0 Å². The summed E-state index contributed by atoms with van der Waals surface area (Å²) in [5.74, 6) is 1.68. The topological polar surface area (TPSA) is 32.3 Å². The Labute approximate surface area is 99.1 Å². The summed E-state index contributed by atoms with van der Waals surface area (Å²) in [5, 5.41) is 13.9. The van der Waals surface area contributed by atoms with Crippen molar-refractivity contribution in [3.05, 3.63) is 11.1 Å². The first-order chi connectivity index (χ1) is 7.52. The van der Waals surface area contributed by atoms with Crippen molar-refractivity contribution in [3.63, 3.8) is 0 Å². The molecule has 2 rings (SSSR count). The number of hydrogen-bond acceptors (Lipinski definition) is 2. The lowest BCUT2D eigenvalue weighted by atomic mass is 9.72. The molecule has 1 heterocycles. The molecule has 2 heteroatoms. The van der Waals surface area contributed by atoms with Gasteiger partial charge in [-0.15, -0.1) is 0 Å². The van der Waals surface area contributed by atoms with E-state index in [2.05, 4.69) is 33.0 Å². The summed E-state index contributed by atoms with van der Waals surface area (Å²) in [5.41, 5.74) is 2.81. The zero-order valence-corrected chi connectivity index (χ0v) is 11.0. The van der Waals surface area contributed by atoms with E-state index in [1.165, 1.54) is 17.6 Å². The number of aliphatic hydroxyl groups is 1. The van der Waals surface area contributed by atoms with Crippen LogP contribution in [0.1, 0.15) is 40.5 Å². The maximum Gasteiger partial charge on any atom is 0.0759 e. The highest BCUT2D eigenvalue weighted by Gasteiger charge is 2.40. The van der Waals surface area contributed by atoms with Crippen molar-refractivity contribution in [3.8, 4) is 0 Å². The third kappa shape index (κ3) is 1.93. The monoisotopic (exact) mass is 223 g/mol. The molecular weight excluding hydrogens is 198 g/mol. The molecular formula is C14H25NO. The van der Waals surface area contributed by atoms with Crippen molar-refractivity contribution in [2.24, 2.45) is 17.8 Å². The summed E-state index contributed by atoms with van der Waals surface area (Å²) in [6.45, 7) is 10.0. The fourth-order valence-corrected chi connectivity index (χ4v) is 3.57. The van der Waals surface area contributed by atoms with Gasteiger partial charge in [-0.05, 0) is 48.3 Å². The normalized spacial score (nSPS) is 35.1. The molecule has 0 aromatic rings. The number of rotatable bonds is 2. The Morgan fingerprint density at radius 2 is 1.75 bits per heavy atom. The van der Waals surface area contributed by atoms with Crippen molar-refractivity contribution in [1.82, 2.24) is 5.32 Å². The third-order valence-electron chi connectivity index (χ3n) is 4.15. The molecule has 3 atom stereocenters. The van der Waals surface area contributed by atoms with E-state index < -0.39 is 0 Å². The summed E-state index contributed by atoms with van der Waals surface area (Å²) in [4.78, 5) is 0. The van der Waals surface area contributed by atoms with Crippen LogP contribution in [0.4, 0.5) is 0 Å². The minimum absolute atomic E-state index is 0.196. The Morgan fingerprint density at radius 1 is 1.12 bits per heavy atom. The van der Waals surface area contributed by atoms with Gasteiger partial charge in [0.2, 0.25) is 0 Å². The standard InChI is InChI=1S/C14H25NO/c1-8(2)12-11(16)7-10-5-6-15-14(10)13(12)9(3)4/h8-11,14-16H,5-7H2,1-4H3. The van der Waals surface area contributed by atoms with E-state index in [1.807, 2.05) is 0 Å². The molecule has 2 N–H and O–H groups in total. The quantitative estimate of drug-likeness (QED) is 0.704. The van der Waals surface area contributed by atoms with E-state index in [0.29, 0.717) is 23.8 Å². The highest BCUT2D eigenvalue weighted by atomic mass is 16.3. The molecule has 0 radical (unpaired) electrons. The van der Waals surface area contributed by atoms with Gasteiger partial charge in [0.1, 0.15) is 0 Å². The molecule has 0 bridgehead atoms. The molecule has 0 amide bonds. The Kier molecular flexibility index (Phi) is 3.41. The van der Waals surface area contributed by atoms with Gasteiger partial charge in [-0.1, -0.05) is 27.7 Å². The van der Waals surface area contributed by atoms with E-state index in [0.717, 1.165) is 13.0 Å². The van der Waals surface area contributed by atoms with Gasteiger partial charge in [0, 0.05) is 6.04 Å². The average molecular weight is 223 g/mol. The fraction of sp³-hybridized carbons (Fsp3) is 0.857. The Morgan fingerprint density at radius 3 is 2.31 bits per heavy atom. The van der Waals surface area contributed by atoms with Crippen LogP contribution in [0.15, 0.2) is 11.1 Å². The molecule has 2 aliphatic rings. The first-order valence-corrected chi connectivity index (χ1v) is 6.67. The molecule has 2 nitrogen and oxygen atoms in total. The Balaban J connectivity index is 2.41. The smallest absolute Gasteiger partial charge is 0.0759 e. The van der Waals surface area contributed by atoms with Gasteiger partial charge in [-0.2, -0.15) is 0 Å². The summed E-state index contributed by atoms with van der Waals surface area (Å²) in [6.07, 6.45) is 1.99. The summed E-state index contributed by atoms with van der Waals surface area (Å²) in [6, 6.07) is 0.542. The van der Waals surface area contributed by atoms with Crippen LogP contribution in [0.5, 0.6) is 0 Å². The average Bonchev–Trinajstić information content (AvgIpc) is 2.61. The molecule has 1 aliphatic carbocycles. The number of hydrogen-bond donors (Lipinski definition) is 2. The van der Waals surface area contributed by atoms with Gasteiger partial charge in [0.05, 0.1) is 6.10 Å². The minimum Gasteiger partial charge on any atom is -0.389 e. The van der Waals surface area contributed by atoms with Gasteiger partial charge in [-0.25, -0.2) is 0 Å². The molecule has 1 saturated heterocycles. The lowest BCUT2D eigenvalue weighted by molar-refractivity contribution is 0.146. The second kappa shape index (κ2) is 4.50. The number of aliphatic hydroxyl groups excluding tert-OH is 1. The molecule has 1 fully saturated rings. The highest BCUT2D eigenvalue weighted by molar-refractivity contribution is 5.31. The third-order valence-corrected chi connectivity index (χ3v) is 4.15. The Hall–Kier alpha value is -0.340. The predicted octanol–water partition coefficient (Wildman–Crippen LogP) is 2.34. The molecule has 0 saturated carbocycles. The zero-order chi connectivity index (χ0) is 11.9. The van der Waals surface area contributed by atoms with Crippen LogP contribution in [0.2, 0.25) is 0 Å². The van der Waals surface area contributed by atoms with Crippen molar-refractivity contribution in [2.75, 3.05) is 6.54 Å². The second-order valence-corrected chi connectivity index (χ2v) is 5.95. The van der Waals surface area contributed by atoms with Crippen LogP contribution in [0.3, 0.4) is 0 Å². The number of nitrogens with one attached hydrogen (secondary N) is 1. The van der Waals surface area contributed by atoms with Gasteiger partial charge in [0.25, 0.3) is 0 Å². The van der Waals surface area contributed by atoms with Crippen LogP contribution in [0, 0.1) is 17.8 Å². The lowest BCUT2D eigenvalue weighted by Crippen LogP contribution is -2.40. The Bertz CT molecular complexity index is 293. The van der Waals surface area contributed by atoms with Gasteiger partial charge < -0.3 is 10.4 Å². The van der Waals surface area contributed by atoms with E-state index in [9.17, 15) is 5.11 Å². The van der Waals surface area contributed by atoms with E-state index in [1.54, 1.807) is 0 Å². The maximum absolute atomic E-state index is 10.3. The van der Waals surface area contributed by atoms with Crippen molar-refractivity contribution in [1.29, 1.82) is 0 Å². The van der Waals surface area contributed by atoms with Crippen LogP contribution in [-0.4, -0.2) is 23.8 Å². The second-order valence-electron chi connectivity index (χ2n) is 5.95. The molecule has 0 aromatic carbocycles. The summed E-state index contributed by atoms with van der Waals surface area (Å²) in [7, 11) is 0. The largest absolute Gasteiger partial charge is 0.389 e. The highest BCUT2D eigenvalue weighted by Crippen LogP contribution is 2.40. The van der Waals surface area contributed by atoms with Gasteiger partial charge in [-0.3, -0.25) is 0 Å². The fourth-order valence-electron chi connectivity index (χ4n) is 3.57. The SMILES string of the molecule is CC(C)C1=C(C(C)C)C2NCCC2CC1O. The maximum atomic E-state index is 10.3. The van der Waals surface area contributed by atoms with E-state index >= 15 is 0 Å². The van der Waals surface area contributed by atoms with Crippen molar-refractivity contribution >= 4 is 0 Å². The molecule has 3 unspecified atom stereocenters. The van der Waals surface area contributed by atoms with Crippen LogP contribution in [-0.2, 0) is 0 Å². The minimum atomic E-state index is -0.196.